The van der Waals surface area contributed by atoms with Crippen molar-refractivity contribution in [3.63, 3.8) is 0 Å². The first kappa shape index (κ1) is 15.7. The fraction of sp³-hybridized carbons (Fsp3) is 0.333. The molecule has 21 heavy (non-hydrogen) atoms. The smallest absolute Gasteiger partial charge is 0.308 e. The van der Waals surface area contributed by atoms with Gasteiger partial charge in [0, 0.05) is 37.3 Å². The van der Waals surface area contributed by atoms with Crippen LogP contribution in [0.2, 0.25) is 0 Å². The summed E-state index contributed by atoms with van der Waals surface area (Å²) < 4.78 is 28.6. The Hall–Kier alpha value is -1.71. The molecule has 2 aromatic rings. The van der Waals surface area contributed by atoms with Crippen LogP contribution in [0.4, 0.5) is 0 Å². The van der Waals surface area contributed by atoms with Gasteiger partial charge in [-0.1, -0.05) is 0 Å². The molecule has 2 heterocycles. The van der Waals surface area contributed by atoms with E-state index in [1.165, 1.54) is 12.1 Å². The van der Waals surface area contributed by atoms with Gasteiger partial charge in [0.2, 0.25) is 10.0 Å². The predicted octanol–water partition coefficient (Wildman–Crippen LogP) is 0.630. The second-order valence-electron chi connectivity index (χ2n) is 4.39. The highest BCUT2D eigenvalue weighted by atomic mass is 32.2. The molecular formula is C12H15N3O4S2. The van der Waals surface area contributed by atoms with Gasteiger partial charge in [0.1, 0.15) is 10.0 Å². The number of hydrogen-bond acceptors (Lipinski definition) is 5. The quantitative estimate of drug-likeness (QED) is 0.776. The molecule has 2 aromatic heterocycles. The minimum Gasteiger partial charge on any atom is -0.481 e. The average Bonchev–Trinajstić information content (AvgIpc) is 2.99. The summed E-state index contributed by atoms with van der Waals surface area (Å²) in [5.41, 5.74) is 0. The van der Waals surface area contributed by atoms with Crippen LogP contribution in [0.25, 0.3) is 0 Å². The Labute approximate surface area is 126 Å². The minimum absolute atomic E-state index is 0.124. The van der Waals surface area contributed by atoms with Crippen molar-refractivity contribution in [1.29, 1.82) is 0 Å². The fourth-order valence-electron chi connectivity index (χ4n) is 1.75. The van der Waals surface area contributed by atoms with E-state index in [9.17, 15) is 13.2 Å². The Morgan fingerprint density at radius 3 is 2.86 bits per heavy atom. The highest BCUT2D eigenvalue weighted by Crippen LogP contribution is 2.21. The molecule has 7 nitrogen and oxygen atoms in total. The fourth-order valence-corrected chi connectivity index (χ4v) is 4.18. The van der Waals surface area contributed by atoms with E-state index >= 15 is 0 Å². The van der Waals surface area contributed by atoms with Crippen LogP contribution < -0.4 is 4.72 Å². The Kier molecular flexibility index (Phi) is 4.76. The Balaban J connectivity index is 1.96. The van der Waals surface area contributed by atoms with Gasteiger partial charge in [-0.15, -0.1) is 11.3 Å². The number of sulfonamides is 1. The van der Waals surface area contributed by atoms with Crippen LogP contribution in [-0.2, 0) is 34.7 Å². The van der Waals surface area contributed by atoms with Crippen molar-refractivity contribution in [1.82, 2.24) is 14.3 Å². The maximum Gasteiger partial charge on any atom is 0.308 e. The average molecular weight is 329 g/mol. The molecule has 0 radical (unpaired) electrons. The number of carboxylic acids is 1. The summed E-state index contributed by atoms with van der Waals surface area (Å²) in [7, 11) is -1.76. The maximum absolute atomic E-state index is 12.1. The Morgan fingerprint density at radius 2 is 2.24 bits per heavy atom. The molecule has 0 aliphatic rings. The third-order valence-electron chi connectivity index (χ3n) is 2.79. The number of aryl methyl sites for hydroxylation is 1. The number of imidazole rings is 1. The number of hydrogen-bond donors (Lipinski definition) is 2. The van der Waals surface area contributed by atoms with Crippen LogP contribution in [0, 0.1) is 0 Å². The molecule has 114 valence electrons. The number of thiophene rings is 1. The molecule has 0 fully saturated rings. The first-order valence-electron chi connectivity index (χ1n) is 6.15. The van der Waals surface area contributed by atoms with Crippen molar-refractivity contribution in [3.05, 3.63) is 35.2 Å². The van der Waals surface area contributed by atoms with Crippen LogP contribution in [0.15, 0.2) is 28.7 Å². The minimum atomic E-state index is -3.60. The van der Waals surface area contributed by atoms with E-state index in [0.717, 1.165) is 17.2 Å². The van der Waals surface area contributed by atoms with Crippen LogP contribution in [0.5, 0.6) is 0 Å². The second kappa shape index (κ2) is 6.37. The summed E-state index contributed by atoms with van der Waals surface area (Å²) in [6.45, 7) is 0.235. The maximum atomic E-state index is 12.1. The van der Waals surface area contributed by atoms with E-state index in [1.807, 2.05) is 11.6 Å². The van der Waals surface area contributed by atoms with Gasteiger partial charge in [0.15, 0.2) is 0 Å². The number of carbonyl (C=O) groups is 1. The van der Waals surface area contributed by atoms with Gasteiger partial charge in [-0.3, -0.25) is 4.79 Å². The van der Waals surface area contributed by atoms with Crippen LogP contribution in [0.1, 0.15) is 10.7 Å². The van der Waals surface area contributed by atoms with E-state index in [-0.39, 0.29) is 17.2 Å². The van der Waals surface area contributed by atoms with Crippen LogP contribution in [0.3, 0.4) is 0 Å². The molecular weight excluding hydrogens is 314 g/mol. The summed E-state index contributed by atoms with van der Waals surface area (Å²) in [6.07, 6.45) is 3.76. The van der Waals surface area contributed by atoms with Gasteiger partial charge in [-0.2, -0.15) is 0 Å². The Bertz CT molecular complexity index is 733. The van der Waals surface area contributed by atoms with Gasteiger partial charge in [0.05, 0.1) is 6.42 Å². The molecule has 0 saturated heterocycles. The molecule has 9 heteroatoms. The molecule has 0 saturated carbocycles. The van der Waals surface area contributed by atoms with Crippen LogP contribution in [-0.4, -0.2) is 35.6 Å². The number of aliphatic carboxylic acids is 1. The molecule has 0 atom stereocenters. The molecule has 0 aromatic carbocycles. The van der Waals surface area contributed by atoms with Crippen molar-refractivity contribution in [2.45, 2.75) is 17.1 Å². The standard InChI is InChI=1S/C12H15N3O4S2/c1-15-7-6-13-10(15)4-5-14-21(18,19)12-3-2-9(20-12)8-11(16)17/h2-3,6-7,14H,4-5,8H2,1H3,(H,16,17). The number of carboxylic acid groups (broad SMARTS) is 1. The SMILES string of the molecule is Cn1ccnc1CCNS(=O)(=O)c1ccc(CC(=O)O)s1. The number of aromatic nitrogens is 2. The monoisotopic (exact) mass is 329 g/mol. The van der Waals surface area contributed by atoms with Crippen molar-refractivity contribution in [3.8, 4) is 0 Å². The van der Waals surface area contributed by atoms with E-state index < -0.39 is 16.0 Å². The summed E-state index contributed by atoms with van der Waals surface area (Å²) in [4.78, 5) is 15.2. The number of nitrogens with one attached hydrogen (secondary N) is 1. The van der Waals surface area contributed by atoms with Gasteiger partial charge in [0.25, 0.3) is 0 Å². The molecule has 0 spiro atoms. The van der Waals surface area contributed by atoms with Gasteiger partial charge >= 0.3 is 5.97 Å². The van der Waals surface area contributed by atoms with Crippen molar-refractivity contribution < 1.29 is 18.3 Å². The molecule has 0 aliphatic carbocycles. The van der Waals surface area contributed by atoms with Crippen molar-refractivity contribution in [2.24, 2.45) is 7.05 Å². The lowest BCUT2D eigenvalue weighted by Crippen LogP contribution is -2.25. The van der Waals surface area contributed by atoms with Crippen molar-refractivity contribution in [2.75, 3.05) is 6.54 Å². The zero-order chi connectivity index (χ0) is 15.5. The highest BCUT2D eigenvalue weighted by molar-refractivity contribution is 7.91. The summed E-state index contributed by atoms with van der Waals surface area (Å²) in [5.74, 6) is -0.195. The topological polar surface area (TPSA) is 101 Å². The van der Waals surface area contributed by atoms with Crippen molar-refractivity contribution >= 4 is 27.3 Å². The lowest BCUT2D eigenvalue weighted by Gasteiger charge is -2.04. The summed E-state index contributed by atoms with van der Waals surface area (Å²) >= 11 is 0.967. The van der Waals surface area contributed by atoms with Gasteiger partial charge in [-0.05, 0) is 12.1 Å². The van der Waals surface area contributed by atoms with Crippen LogP contribution >= 0.6 is 11.3 Å². The molecule has 0 unspecified atom stereocenters. The zero-order valence-electron chi connectivity index (χ0n) is 11.3. The first-order valence-corrected chi connectivity index (χ1v) is 8.45. The summed E-state index contributed by atoms with van der Waals surface area (Å²) in [5, 5.41) is 8.68. The first-order chi connectivity index (χ1) is 9.88. The van der Waals surface area contributed by atoms with E-state index in [4.69, 9.17) is 5.11 Å². The Morgan fingerprint density at radius 1 is 1.48 bits per heavy atom. The highest BCUT2D eigenvalue weighted by Gasteiger charge is 2.17. The molecule has 0 bridgehead atoms. The number of rotatable bonds is 7. The molecule has 0 amide bonds. The molecule has 0 aliphatic heterocycles. The molecule has 2 rings (SSSR count). The molecule has 2 N–H and O–H groups in total. The zero-order valence-corrected chi connectivity index (χ0v) is 12.9. The summed E-state index contributed by atoms with van der Waals surface area (Å²) in [6, 6.07) is 2.94. The van der Waals surface area contributed by atoms with E-state index in [0.29, 0.717) is 11.3 Å². The van der Waals surface area contributed by atoms with Gasteiger partial charge < -0.3 is 9.67 Å². The largest absolute Gasteiger partial charge is 0.481 e. The van der Waals surface area contributed by atoms with Gasteiger partial charge in [-0.25, -0.2) is 18.1 Å². The lowest BCUT2D eigenvalue weighted by molar-refractivity contribution is -0.136. The van der Waals surface area contributed by atoms with E-state index in [2.05, 4.69) is 9.71 Å². The third-order valence-corrected chi connectivity index (χ3v) is 5.83. The normalized spacial score (nSPS) is 11.7. The second-order valence-corrected chi connectivity index (χ2v) is 7.56. The van der Waals surface area contributed by atoms with E-state index in [1.54, 1.807) is 12.4 Å². The number of nitrogens with zero attached hydrogens (tertiary/aromatic N) is 2. The third kappa shape index (κ3) is 4.13. The predicted molar refractivity (Wildman–Crippen MR) is 77.8 cm³/mol. The lowest BCUT2D eigenvalue weighted by atomic mass is 10.3.